The lowest BCUT2D eigenvalue weighted by molar-refractivity contribution is 0.0951. The summed E-state index contributed by atoms with van der Waals surface area (Å²) in [5.74, 6) is -0.117. The van der Waals surface area contributed by atoms with Crippen LogP contribution in [0.4, 0.5) is 10.1 Å². The predicted molar refractivity (Wildman–Crippen MR) is 137 cm³/mol. The van der Waals surface area contributed by atoms with Gasteiger partial charge in [-0.25, -0.2) is 12.8 Å². The molecule has 0 radical (unpaired) electrons. The van der Waals surface area contributed by atoms with Gasteiger partial charge in [0.2, 0.25) is 0 Å². The second-order valence-electron chi connectivity index (χ2n) is 8.96. The van der Waals surface area contributed by atoms with Crippen LogP contribution < -0.4 is 14.4 Å². The number of hydrogen-bond donors (Lipinski definition) is 1. The van der Waals surface area contributed by atoms with Crippen LogP contribution >= 0.6 is 0 Å². The quantitative estimate of drug-likeness (QED) is 0.472. The number of ether oxygens (including phenoxy) is 1. The Morgan fingerprint density at radius 3 is 2.47 bits per heavy atom. The molecular formula is C27H30FN3O4S. The Morgan fingerprint density at radius 2 is 1.78 bits per heavy atom. The molecule has 1 aliphatic heterocycles. The standard InChI is InChI=1S/C27H30FN3O4S/c1-30(2)16-17-35-24-11-13-25(14-12-24)36(33,34)31-15-3-4-21-6-5-20(18-26(21)31)19-29-27(32)22-7-9-23(28)10-8-22/h5-14,18H,3-4,15-17,19H2,1-2H3,(H,29,32). The summed E-state index contributed by atoms with van der Waals surface area (Å²) in [6.45, 7) is 1.87. The van der Waals surface area contributed by atoms with E-state index in [9.17, 15) is 17.6 Å². The molecule has 7 nitrogen and oxygen atoms in total. The van der Waals surface area contributed by atoms with Gasteiger partial charge in [0.15, 0.2) is 0 Å². The number of carbonyl (C=O) groups is 1. The number of rotatable bonds is 9. The van der Waals surface area contributed by atoms with E-state index in [1.165, 1.54) is 28.6 Å². The molecule has 0 aromatic heterocycles. The Labute approximate surface area is 211 Å². The van der Waals surface area contributed by atoms with E-state index in [0.717, 1.165) is 30.5 Å². The summed E-state index contributed by atoms with van der Waals surface area (Å²) in [4.78, 5) is 14.6. The first-order chi connectivity index (χ1) is 17.2. The lowest BCUT2D eigenvalue weighted by Crippen LogP contribution is -2.35. The number of nitrogens with zero attached hydrogens (tertiary/aromatic N) is 2. The predicted octanol–water partition coefficient (Wildman–Crippen LogP) is 3.84. The molecule has 0 saturated heterocycles. The van der Waals surface area contributed by atoms with Crippen molar-refractivity contribution in [3.05, 3.63) is 89.2 Å². The van der Waals surface area contributed by atoms with Gasteiger partial charge in [0.1, 0.15) is 18.2 Å². The molecule has 0 aliphatic carbocycles. The number of sulfonamides is 1. The third-order valence-corrected chi connectivity index (χ3v) is 7.83. The number of fused-ring (bicyclic) bond motifs is 1. The molecule has 1 amide bonds. The SMILES string of the molecule is CN(C)CCOc1ccc(S(=O)(=O)N2CCCc3ccc(CNC(=O)c4ccc(F)cc4)cc32)cc1. The van der Waals surface area contributed by atoms with Gasteiger partial charge in [0.05, 0.1) is 10.6 Å². The number of aryl methyl sites for hydroxylation is 1. The maximum Gasteiger partial charge on any atom is 0.264 e. The molecule has 4 rings (SSSR count). The highest BCUT2D eigenvalue weighted by Gasteiger charge is 2.29. The number of carbonyl (C=O) groups excluding carboxylic acids is 1. The van der Waals surface area contributed by atoms with Crippen molar-refractivity contribution in [3.8, 4) is 5.75 Å². The summed E-state index contributed by atoms with van der Waals surface area (Å²) >= 11 is 0. The molecule has 0 bridgehead atoms. The number of benzene rings is 3. The van der Waals surface area contributed by atoms with Crippen LogP contribution in [0.2, 0.25) is 0 Å². The van der Waals surface area contributed by atoms with Crippen molar-refractivity contribution in [3.63, 3.8) is 0 Å². The fourth-order valence-corrected chi connectivity index (χ4v) is 5.55. The highest BCUT2D eigenvalue weighted by Crippen LogP contribution is 2.33. The summed E-state index contributed by atoms with van der Waals surface area (Å²) in [7, 11) is 0.143. The molecule has 0 saturated carbocycles. The zero-order chi connectivity index (χ0) is 25.7. The highest BCUT2D eigenvalue weighted by molar-refractivity contribution is 7.92. The number of nitrogens with one attached hydrogen (secondary N) is 1. The second kappa shape index (κ2) is 11.1. The van der Waals surface area contributed by atoms with Crippen LogP contribution in [0.25, 0.3) is 0 Å². The van der Waals surface area contributed by atoms with Crippen molar-refractivity contribution >= 4 is 21.6 Å². The first-order valence-electron chi connectivity index (χ1n) is 11.8. The summed E-state index contributed by atoms with van der Waals surface area (Å²) in [5.41, 5.74) is 2.70. The smallest absolute Gasteiger partial charge is 0.264 e. The highest BCUT2D eigenvalue weighted by atomic mass is 32.2. The van der Waals surface area contributed by atoms with Gasteiger partial charge in [-0.3, -0.25) is 9.10 Å². The van der Waals surface area contributed by atoms with Crippen molar-refractivity contribution in [2.75, 3.05) is 38.1 Å². The monoisotopic (exact) mass is 511 g/mol. The van der Waals surface area contributed by atoms with Crippen LogP contribution in [-0.4, -0.2) is 53.0 Å². The van der Waals surface area contributed by atoms with E-state index in [-0.39, 0.29) is 17.3 Å². The average Bonchev–Trinajstić information content (AvgIpc) is 2.87. The fourth-order valence-electron chi connectivity index (χ4n) is 4.01. The van der Waals surface area contributed by atoms with E-state index in [0.29, 0.717) is 30.2 Å². The van der Waals surface area contributed by atoms with Gasteiger partial charge in [-0.1, -0.05) is 12.1 Å². The third-order valence-electron chi connectivity index (χ3n) is 6.00. The van der Waals surface area contributed by atoms with Crippen LogP contribution in [0, 0.1) is 5.82 Å². The summed E-state index contributed by atoms with van der Waals surface area (Å²) < 4.78 is 47.3. The number of amides is 1. The molecule has 36 heavy (non-hydrogen) atoms. The number of likely N-dealkylation sites (N-methyl/N-ethyl adjacent to an activating group) is 1. The molecule has 190 valence electrons. The molecule has 0 unspecified atom stereocenters. The van der Waals surface area contributed by atoms with Crippen molar-refractivity contribution in [1.29, 1.82) is 0 Å². The molecule has 9 heteroatoms. The van der Waals surface area contributed by atoms with Gasteiger partial charge in [-0.15, -0.1) is 0 Å². The van der Waals surface area contributed by atoms with Crippen LogP contribution in [0.15, 0.2) is 71.6 Å². The van der Waals surface area contributed by atoms with E-state index in [1.807, 2.05) is 37.2 Å². The Balaban J connectivity index is 1.49. The minimum Gasteiger partial charge on any atom is -0.492 e. The van der Waals surface area contributed by atoms with E-state index >= 15 is 0 Å². The molecular weight excluding hydrogens is 481 g/mol. The molecule has 1 heterocycles. The van der Waals surface area contributed by atoms with Crippen LogP contribution in [-0.2, 0) is 23.0 Å². The number of halogens is 1. The van der Waals surface area contributed by atoms with Crippen molar-refractivity contribution in [1.82, 2.24) is 10.2 Å². The Bertz CT molecular complexity index is 1310. The Hall–Kier alpha value is -3.43. The average molecular weight is 512 g/mol. The summed E-state index contributed by atoms with van der Waals surface area (Å²) in [6.07, 6.45) is 1.50. The lowest BCUT2D eigenvalue weighted by atomic mass is 10.0. The minimum atomic E-state index is -3.77. The fraction of sp³-hybridized carbons (Fsp3) is 0.296. The first kappa shape index (κ1) is 25.7. The Kier molecular flexibility index (Phi) is 7.91. The van der Waals surface area contributed by atoms with Gasteiger partial charge in [0.25, 0.3) is 15.9 Å². The van der Waals surface area contributed by atoms with E-state index in [1.54, 1.807) is 24.3 Å². The minimum absolute atomic E-state index is 0.199. The van der Waals surface area contributed by atoms with E-state index in [4.69, 9.17) is 4.74 Å². The molecule has 0 fully saturated rings. The maximum absolute atomic E-state index is 13.5. The van der Waals surface area contributed by atoms with E-state index < -0.39 is 15.8 Å². The summed E-state index contributed by atoms with van der Waals surface area (Å²) in [5, 5.41) is 2.81. The second-order valence-corrected chi connectivity index (χ2v) is 10.8. The number of hydrogen-bond acceptors (Lipinski definition) is 5. The zero-order valence-corrected chi connectivity index (χ0v) is 21.2. The zero-order valence-electron chi connectivity index (χ0n) is 20.4. The van der Waals surface area contributed by atoms with Crippen LogP contribution in [0.5, 0.6) is 5.75 Å². The van der Waals surface area contributed by atoms with E-state index in [2.05, 4.69) is 5.32 Å². The van der Waals surface area contributed by atoms with Crippen molar-refractivity contribution < 1.29 is 22.3 Å². The molecule has 1 aliphatic rings. The maximum atomic E-state index is 13.5. The topological polar surface area (TPSA) is 79.0 Å². The van der Waals surface area contributed by atoms with Crippen molar-refractivity contribution in [2.24, 2.45) is 0 Å². The normalized spacial score (nSPS) is 13.4. The Morgan fingerprint density at radius 1 is 1.06 bits per heavy atom. The first-order valence-corrected chi connectivity index (χ1v) is 13.2. The van der Waals surface area contributed by atoms with Crippen molar-refractivity contribution in [2.45, 2.75) is 24.3 Å². The largest absolute Gasteiger partial charge is 0.492 e. The van der Waals surface area contributed by atoms with Gasteiger partial charge in [0, 0.05) is 25.2 Å². The van der Waals surface area contributed by atoms with Gasteiger partial charge < -0.3 is 15.0 Å². The molecule has 3 aromatic rings. The van der Waals surface area contributed by atoms with Gasteiger partial charge >= 0.3 is 0 Å². The molecule has 0 atom stereocenters. The third kappa shape index (κ3) is 6.03. The van der Waals surface area contributed by atoms with Crippen LogP contribution in [0.1, 0.15) is 27.9 Å². The van der Waals surface area contributed by atoms with Gasteiger partial charge in [-0.2, -0.15) is 0 Å². The summed E-state index contributed by atoms with van der Waals surface area (Å²) in [6, 6.07) is 17.4. The molecule has 3 aromatic carbocycles. The number of anilines is 1. The van der Waals surface area contributed by atoms with Crippen LogP contribution in [0.3, 0.4) is 0 Å². The van der Waals surface area contributed by atoms with Gasteiger partial charge in [-0.05, 0) is 92.7 Å². The lowest BCUT2D eigenvalue weighted by Gasteiger charge is -2.31. The molecule has 0 spiro atoms. The molecule has 1 N–H and O–H groups in total.